The third kappa shape index (κ3) is 6.93. The van der Waals surface area contributed by atoms with E-state index in [-0.39, 0.29) is 17.8 Å². The number of aryl methyl sites for hydroxylation is 1. The summed E-state index contributed by atoms with van der Waals surface area (Å²) in [5, 5.41) is 2.70. The summed E-state index contributed by atoms with van der Waals surface area (Å²) in [5.41, 5.74) is 24.2. The Labute approximate surface area is 413 Å². The van der Waals surface area contributed by atoms with Gasteiger partial charge in [0.15, 0.2) is 0 Å². The Morgan fingerprint density at radius 1 is 0.471 bits per heavy atom. The second-order valence-electron chi connectivity index (χ2n) is 20.0. The Morgan fingerprint density at radius 3 is 1.79 bits per heavy atom. The van der Waals surface area contributed by atoms with Gasteiger partial charge in [-0.05, 0) is 148 Å². The lowest BCUT2D eigenvalue weighted by Gasteiger charge is -2.33. The number of ether oxygens (including phenoxy) is 1. The van der Waals surface area contributed by atoms with E-state index in [0.29, 0.717) is 13.2 Å². The van der Waals surface area contributed by atoms with Crippen molar-refractivity contribution < 1.29 is 4.74 Å². The van der Waals surface area contributed by atoms with Crippen molar-refractivity contribution in [2.75, 3.05) is 6.61 Å². The lowest BCUT2D eigenvalue weighted by molar-refractivity contribution is 0.123. The third-order valence-electron chi connectivity index (χ3n) is 16.4. The highest BCUT2D eigenvalue weighted by atomic mass is 16.5. The van der Waals surface area contributed by atoms with Gasteiger partial charge in [-0.3, -0.25) is 0 Å². The number of fused-ring (bicyclic) bond motifs is 15. The molecule has 2 aliphatic carbocycles. The first-order valence-corrected chi connectivity index (χ1v) is 25.5. The van der Waals surface area contributed by atoms with Crippen LogP contribution in [0.15, 0.2) is 231 Å². The van der Waals surface area contributed by atoms with Crippen LogP contribution in [0.25, 0.3) is 44.2 Å². The second kappa shape index (κ2) is 17.7. The largest absolute Gasteiger partial charge is 0.376 e. The van der Waals surface area contributed by atoms with Gasteiger partial charge in [-0.2, -0.15) is 0 Å². The van der Waals surface area contributed by atoms with Gasteiger partial charge in [0.25, 0.3) is 0 Å². The topological polar surface area (TPSA) is 9.23 Å². The van der Waals surface area contributed by atoms with Crippen LogP contribution >= 0.6 is 0 Å². The SMILES string of the molecule is CC(c1ccc2c(c1)C1(c3ccccc3-c3ccccc31)c1cc(CCC(c3ccccc3)c3ccccc3)c3ccccc3c1-2)C(Cc1ccccc1)c1cccc2c1CCOCc1ccccc1-2. The fourth-order valence-electron chi connectivity index (χ4n) is 13.2. The van der Waals surface area contributed by atoms with Gasteiger partial charge >= 0.3 is 0 Å². The molecule has 3 aliphatic rings. The first kappa shape index (κ1) is 42.5. The highest BCUT2D eigenvalue weighted by Gasteiger charge is 2.52. The highest BCUT2D eigenvalue weighted by molar-refractivity contribution is 6.07. The van der Waals surface area contributed by atoms with Crippen LogP contribution in [0.4, 0.5) is 0 Å². The van der Waals surface area contributed by atoms with Gasteiger partial charge < -0.3 is 4.74 Å². The van der Waals surface area contributed by atoms with E-state index < -0.39 is 5.41 Å². The molecule has 10 aromatic carbocycles. The van der Waals surface area contributed by atoms with Gasteiger partial charge in [0, 0.05) is 5.92 Å². The predicted molar refractivity (Wildman–Crippen MR) is 290 cm³/mol. The Hall–Kier alpha value is -7.58. The molecule has 1 heterocycles. The van der Waals surface area contributed by atoms with Gasteiger partial charge in [-0.25, -0.2) is 0 Å². The molecular formula is C69H56O. The molecule has 1 spiro atoms. The van der Waals surface area contributed by atoms with Crippen molar-refractivity contribution in [1.82, 2.24) is 0 Å². The molecule has 10 aromatic rings. The van der Waals surface area contributed by atoms with Crippen molar-refractivity contribution in [2.24, 2.45) is 0 Å². The van der Waals surface area contributed by atoms with E-state index in [2.05, 4.69) is 237 Å². The number of hydrogen-bond donors (Lipinski definition) is 0. The first-order chi connectivity index (χ1) is 34.7. The van der Waals surface area contributed by atoms with Gasteiger partial charge in [-0.15, -0.1) is 0 Å². The van der Waals surface area contributed by atoms with Gasteiger partial charge in [-0.1, -0.05) is 237 Å². The van der Waals surface area contributed by atoms with E-state index in [1.54, 1.807) is 0 Å². The fraction of sp³-hybridized carbons (Fsp3) is 0.159. The molecular weight excluding hydrogens is 845 g/mol. The zero-order valence-corrected chi connectivity index (χ0v) is 39.8. The second-order valence-corrected chi connectivity index (χ2v) is 20.0. The van der Waals surface area contributed by atoms with E-state index in [1.165, 1.54) is 111 Å². The summed E-state index contributed by atoms with van der Waals surface area (Å²) in [6.07, 6.45) is 3.80. The zero-order chi connectivity index (χ0) is 46.6. The molecule has 0 saturated heterocycles. The van der Waals surface area contributed by atoms with Crippen molar-refractivity contribution in [3.63, 3.8) is 0 Å². The summed E-state index contributed by atoms with van der Waals surface area (Å²) in [7, 11) is 0. The first-order valence-electron chi connectivity index (χ1n) is 25.5. The summed E-state index contributed by atoms with van der Waals surface area (Å²) >= 11 is 0. The van der Waals surface area contributed by atoms with E-state index in [9.17, 15) is 0 Å². The smallest absolute Gasteiger partial charge is 0.0725 e. The van der Waals surface area contributed by atoms with E-state index >= 15 is 0 Å². The Bertz CT molecular complexity index is 3470. The molecule has 1 aliphatic heterocycles. The molecule has 1 nitrogen and oxygen atoms in total. The Kier molecular flexibility index (Phi) is 10.8. The maximum atomic E-state index is 6.35. The molecule has 0 fully saturated rings. The molecule has 0 aromatic heterocycles. The number of hydrogen-bond acceptors (Lipinski definition) is 1. The number of benzene rings is 10. The van der Waals surface area contributed by atoms with Gasteiger partial charge in [0.2, 0.25) is 0 Å². The third-order valence-corrected chi connectivity index (χ3v) is 16.4. The average Bonchev–Trinajstić information content (AvgIpc) is 3.89. The standard InChI is InChI=1S/C69H56O/c1-46(63(42-47-20-5-2-6-21-47)57-33-19-32-56-55-28-12-11-26-52(55)45-70-41-40-58(56)57)50-36-39-62-66(43-50)69(64-34-17-15-29-59(64)60-30-16-18-35-65(60)69)67-44-51(54-27-13-14-31-61(54)68(62)67)37-38-53(48-22-7-3-8-23-48)49-24-9-4-10-25-49/h2-36,39,43-44,46,53,63H,37-38,40-42,45H2,1H3. The van der Waals surface area contributed by atoms with E-state index in [1.807, 2.05) is 0 Å². The van der Waals surface area contributed by atoms with Crippen molar-refractivity contribution in [2.45, 2.75) is 62.4 Å². The van der Waals surface area contributed by atoms with Crippen LogP contribution < -0.4 is 0 Å². The summed E-state index contributed by atoms with van der Waals surface area (Å²) in [4.78, 5) is 0. The van der Waals surface area contributed by atoms with Crippen molar-refractivity contribution in [1.29, 1.82) is 0 Å². The Balaban J connectivity index is 1.00. The monoisotopic (exact) mass is 900 g/mol. The maximum Gasteiger partial charge on any atom is 0.0725 e. The molecule has 70 heavy (non-hydrogen) atoms. The maximum absolute atomic E-state index is 6.35. The van der Waals surface area contributed by atoms with Crippen LogP contribution in [0, 0.1) is 0 Å². The van der Waals surface area contributed by atoms with Gasteiger partial charge in [0.05, 0.1) is 18.6 Å². The molecule has 2 atom stereocenters. The van der Waals surface area contributed by atoms with Crippen LogP contribution in [0.5, 0.6) is 0 Å². The molecule has 0 N–H and O–H groups in total. The molecule has 338 valence electrons. The predicted octanol–water partition coefficient (Wildman–Crippen LogP) is 16.8. The highest BCUT2D eigenvalue weighted by Crippen LogP contribution is 2.64. The minimum atomic E-state index is -0.483. The fourth-order valence-corrected chi connectivity index (χ4v) is 13.2. The normalized spacial score (nSPS) is 14.7. The summed E-state index contributed by atoms with van der Waals surface area (Å²) in [6.45, 7) is 3.85. The molecule has 0 bridgehead atoms. The Morgan fingerprint density at radius 2 is 1.07 bits per heavy atom. The quantitative estimate of drug-likeness (QED) is 0.133. The molecule has 0 radical (unpaired) electrons. The van der Waals surface area contributed by atoms with Crippen molar-refractivity contribution in [3.05, 3.63) is 297 Å². The minimum absolute atomic E-state index is 0.200. The summed E-state index contributed by atoms with van der Waals surface area (Å²) in [6, 6.07) is 87.5. The van der Waals surface area contributed by atoms with Gasteiger partial charge in [0.1, 0.15) is 0 Å². The van der Waals surface area contributed by atoms with E-state index in [4.69, 9.17) is 4.74 Å². The van der Waals surface area contributed by atoms with Crippen LogP contribution in [-0.4, -0.2) is 6.61 Å². The van der Waals surface area contributed by atoms with Crippen LogP contribution in [0.2, 0.25) is 0 Å². The molecule has 13 rings (SSSR count). The summed E-state index contributed by atoms with van der Waals surface area (Å²) < 4.78 is 6.35. The van der Waals surface area contributed by atoms with Crippen molar-refractivity contribution >= 4 is 10.8 Å². The van der Waals surface area contributed by atoms with Crippen LogP contribution in [0.1, 0.15) is 97.9 Å². The molecule has 1 heteroatoms. The van der Waals surface area contributed by atoms with E-state index in [0.717, 1.165) is 25.7 Å². The average molecular weight is 901 g/mol. The van der Waals surface area contributed by atoms with Crippen molar-refractivity contribution in [3.8, 4) is 33.4 Å². The lowest BCUT2D eigenvalue weighted by atomic mass is 9.69. The van der Waals surface area contributed by atoms with Crippen LogP contribution in [-0.2, 0) is 36.0 Å². The molecule has 0 amide bonds. The lowest BCUT2D eigenvalue weighted by Crippen LogP contribution is -2.26. The zero-order valence-electron chi connectivity index (χ0n) is 39.8. The van der Waals surface area contributed by atoms with Crippen LogP contribution in [0.3, 0.4) is 0 Å². The minimum Gasteiger partial charge on any atom is -0.376 e. The summed E-state index contributed by atoms with van der Waals surface area (Å²) in [5.74, 6) is 0.707. The number of rotatable bonds is 10. The molecule has 2 unspecified atom stereocenters. The molecule has 0 saturated carbocycles.